The first-order chi connectivity index (χ1) is 19.6. The van der Waals surface area contributed by atoms with Crippen LogP contribution in [0.4, 0.5) is 17.6 Å². The summed E-state index contributed by atoms with van der Waals surface area (Å²) in [6.07, 6.45) is 0. The van der Waals surface area contributed by atoms with Crippen LogP contribution in [0.1, 0.15) is 19.4 Å². The Bertz CT molecular complexity index is 1630. The lowest BCUT2D eigenvalue weighted by atomic mass is 9.95. The first-order valence-corrected chi connectivity index (χ1v) is 13.9. The zero-order valence-corrected chi connectivity index (χ0v) is 23.0. The van der Waals surface area contributed by atoms with E-state index in [1.807, 2.05) is 42.5 Å². The van der Waals surface area contributed by atoms with Crippen molar-refractivity contribution in [2.75, 3.05) is 6.61 Å². The zero-order chi connectivity index (χ0) is 29.1. The molecule has 5 rings (SSSR count). The van der Waals surface area contributed by atoms with E-state index in [-0.39, 0.29) is 16.4 Å². The minimum Gasteiger partial charge on any atom is -0.482 e. The molecular formula is C33H25F4O3S+. The molecule has 41 heavy (non-hydrogen) atoms. The Balaban J connectivity index is 1.31. The first kappa shape index (κ1) is 28.2. The van der Waals surface area contributed by atoms with Gasteiger partial charge in [-0.2, -0.15) is 0 Å². The maximum Gasteiger partial charge on any atom is 0.345 e. The van der Waals surface area contributed by atoms with Crippen LogP contribution in [0.5, 0.6) is 5.75 Å². The van der Waals surface area contributed by atoms with Gasteiger partial charge in [-0.1, -0.05) is 36.4 Å². The van der Waals surface area contributed by atoms with E-state index >= 15 is 0 Å². The van der Waals surface area contributed by atoms with Gasteiger partial charge in [0.2, 0.25) is 0 Å². The highest BCUT2D eigenvalue weighted by atomic mass is 32.2. The van der Waals surface area contributed by atoms with Crippen molar-refractivity contribution < 1.29 is 31.8 Å². The van der Waals surface area contributed by atoms with E-state index in [0.717, 1.165) is 52.7 Å². The van der Waals surface area contributed by atoms with Gasteiger partial charge in [-0.15, -0.1) is 0 Å². The molecule has 0 spiro atoms. The van der Waals surface area contributed by atoms with E-state index in [1.54, 1.807) is 38.1 Å². The SMILES string of the molecule is CC(C)(OC(=O)COc1ccc([S+](c2cc(F)cc(F)c2)c2cc(F)cc(F)c2)cc1)c1ccc2ccccc2c1. The largest absolute Gasteiger partial charge is 0.482 e. The lowest BCUT2D eigenvalue weighted by Gasteiger charge is -2.26. The molecule has 5 aromatic rings. The van der Waals surface area contributed by atoms with Gasteiger partial charge in [-0.05, 0) is 60.5 Å². The zero-order valence-electron chi connectivity index (χ0n) is 22.2. The second-order valence-electron chi connectivity index (χ2n) is 9.82. The predicted molar refractivity (Wildman–Crippen MR) is 150 cm³/mol. The van der Waals surface area contributed by atoms with E-state index in [2.05, 4.69) is 0 Å². The molecule has 0 N–H and O–H groups in total. The highest BCUT2D eigenvalue weighted by Gasteiger charge is 2.31. The van der Waals surface area contributed by atoms with Gasteiger partial charge in [0.05, 0.1) is 10.9 Å². The van der Waals surface area contributed by atoms with E-state index in [4.69, 9.17) is 9.47 Å². The summed E-state index contributed by atoms with van der Waals surface area (Å²) in [6, 6.07) is 26.1. The highest BCUT2D eigenvalue weighted by molar-refractivity contribution is 7.97. The Labute approximate surface area is 237 Å². The van der Waals surface area contributed by atoms with Gasteiger partial charge >= 0.3 is 5.97 Å². The van der Waals surface area contributed by atoms with Crippen LogP contribution in [-0.4, -0.2) is 12.6 Å². The number of benzene rings is 5. The minimum absolute atomic E-state index is 0.209. The van der Waals surface area contributed by atoms with Crippen LogP contribution in [0, 0.1) is 23.3 Å². The molecule has 0 radical (unpaired) electrons. The van der Waals surface area contributed by atoms with E-state index < -0.39 is 45.7 Å². The molecule has 208 valence electrons. The van der Waals surface area contributed by atoms with Gasteiger partial charge in [0.1, 0.15) is 34.6 Å². The van der Waals surface area contributed by atoms with Crippen molar-refractivity contribution in [2.24, 2.45) is 0 Å². The summed E-state index contributed by atoms with van der Waals surface area (Å²) in [7, 11) is -1.23. The first-order valence-electron chi connectivity index (χ1n) is 12.7. The van der Waals surface area contributed by atoms with Crippen LogP contribution >= 0.6 is 0 Å². The molecule has 0 saturated heterocycles. The maximum atomic E-state index is 14.1. The summed E-state index contributed by atoms with van der Waals surface area (Å²) in [5.74, 6) is -3.45. The molecule has 0 unspecified atom stereocenters. The van der Waals surface area contributed by atoms with Gasteiger partial charge in [-0.3, -0.25) is 0 Å². The fraction of sp³-hybridized carbons (Fsp3) is 0.121. The third-order valence-electron chi connectivity index (χ3n) is 6.37. The Kier molecular flexibility index (Phi) is 8.03. The second-order valence-corrected chi connectivity index (χ2v) is 11.8. The second kappa shape index (κ2) is 11.7. The van der Waals surface area contributed by atoms with Crippen LogP contribution in [0.25, 0.3) is 10.8 Å². The number of carbonyl (C=O) groups is 1. The normalized spacial score (nSPS) is 11.6. The molecule has 0 saturated carbocycles. The van der Waals surface area contributed by atoms with Gasteiger partial charge < -0.3 is 9.47 Å². The fourth-order valence-electron chi connectivity index (χ4n) is 4.45. The number of halogens is 4. The van der Waals surface area contributed by atoms with E-state index in [1.165, 1.54) is 0 Å². The monoisotopic (exact) mass is 577 g/mol. The number of carbonyl (C=O) groups excluding carboxylic acids is 1. The van der Waals surface area contributed by atoms with Crippen LogP contribution in [0.3, 0.4) is 0 Å². The molecular weight excluding hydrogens is 552 g/mol. The van der Waals surface area contributed by atoms with Gasteiger partial charge in [-0.25, -0.2) is 22.4 Å². The lowest BCUT2D eigenvalue weighted by molar-refractivity contribution is -0.159. The molecule has 0 fully saturated rings. The average molecular weight is 578 g/mol. The van der Waals surface area contributed by atoms with Crippen molar-refractivity contribution in [1.29, 1.82) is 0 Å². The Hall–Kier alpha value is -4.30. The Morgan fingerprint density at radius 3 is 1.76 bits per heavy atom. The third kappa shape index (κ3) is 6.72. The summed E-state index contributed by atoms with van der Waals surface area (Å²) in [5.41, 5.74) is -0.0631. The maximum absolute atomic E-state index is 14.1. The summed E-state index contributed by atoms with van der Waals surface area (Å²) in [6.45, 7) is 3.25. The molecule has 0 aliphatic heterocycles. The van der Waals surface area contributed by atoms with Crippen LogP contribution < -0.4 is 4.74 Å². The molecule has 0 aromatic heterocycles. The average Bonchev–Trinajstić information content (AvgIpc) is 2.91. The number of esters is 1. The molecule has 0 bridgehead atoms. The van der Waals surface area contributed by atoms with Gasteiger partial charge in [0, 0.05) is 36.4 Å². The van der Waals surface area contributed by atoms with Crippen molar-refractivity contribution in [1.82, 2.24) is 0 Å². The molecule has 0 atom stereocenters. The highest BCUT2D eigenvalue weighted by Crippen LogP contribution is 2.34. The molecule has 8 heteroatoms. The van der Waals surface area contributed by atoms with E-state index in [9.17, 15) is 22.4 Å². The smallest absolute Gasteiger partial charge is 0.345 e. The summed E-state index contributed by atoms with van der Waals surface area (Å²) >= 11 is 0. The number of hydrogen-bond donors (Lipinski definition) is 0. The third-order valence-corrected chi connectivity index (χ3v) is 8.53. The van der Waals surface area contributed by atoms with Crippen molar-refractivity contribution in [3.05, 3.63) is 132 Å². The molecule has 0 amide bonds. The van der Waals surface area contributed by atoms with Crippen molar-refractivity contribution in [2.45, 2.75) is 34.1 Å². The molecule has 0 aliphatic rings. The fourth-order valence-corrected chi connectivity index (χ4v) is 6.60. The van der Waals surface area contributed by atoms with Crippen molar-refractivity contribution >= 4 is 27.6 Å². The Morgan fingerprint density at radius 2 is 1.20 bits per heavy atom. The molecule has 3 nitrogen and oxygen atoms in total. The minimum atomic E-state index is -1.23. The lowest BCUT2D eigenvalue weighted by Crippen LogP contribution is -2.28. The topological polar surface area (TPSA) is 35.5 Å². The standard InChI is InChI=1S/C33H25F4O3S/c1-33(2,23-8-7-21-5-3-4-6-22(21)13-23)40-32(38)20-39-28-9-11-29(12-10-28)41(30-16-24(34)14-25(35)17-30)31-18-26(36)15-27(37)19-31/h3-19H,20H2,1-2H3/q+1. The molecule has 5 aromatic carbocycles. The summed E-state index contributed by atoms with van der Waals surface area (Å²) < 4.78 is 67.6. The van der Waals surface area contributed by atoms with Crippen LogP contribution in [0.2, 0.25) is 0 Å². The van der Waals surface area contributed by atoms with E-state index in [0.29, 0.717) is 10.6 Å². The van der Waals surface area contributed by atoms with Crippen molar-refractivity contribution in [3.8, 4) is 5.75 Å². The Morgan fingerprint density at radius 1 is 0.659 bits per heavy atom. The van der Waals surface area contributed by atoms with Gasteiger partial charge in [0.25, 0.3) is 0 Å². The van der Waals surface area contributed by atoms with Crippen LogP contribution in [-0.2, 0) is 26.0 Å². The van der Waals surface area contributed by atoms with Gasteiger partial charge in [0.15, 0.2) is 21.3 Å². The summed E-state index contributed by atoms with van der Waals surface area (Å²) in [5, 5.41) is 2.12. The quantitative estimate of drug-likeness (QED) is 0.106. The van der Waals surface area contributed by atoms with Crippen LogP contribution in [0.15, 0.2) is 118 Å². The van der Waals surface area contributed by atoms with Crippen molar-refractivity contribution in [3.63, 3.8) is 0 Å². The molecule has 0 heterocycles. The number of hydrogen-bond acceptors (Lipinski definition) is 3. The summed E-state index contributed by atoms with van der Waals surface area (Å²) in [4.78, 5) is 13.6. The molecule has 0 aliphatic carbocycles. The number of fused-ring (bicyclic) bond motifs is 1. The predicted octanol–water partition coefficient (Wildman–Crippen LogP) is 8.35. The number of ether oxygens (including phenoxy) is 2. The number of rotatable bonds is 8.